The number of hydrogen-bond donors (Lipinski definition) is 1. The number of amides is 1. The lowest BCUT2D eigenvalue weighted by Gasteiger charge is -2.26. The number of Topliss-reactive ketones (excluding diaryl/α,β-unsaturated/α-hetero) is 1. The van der Waals surface area contributed by atoms with Gasteiger partial charge < -0.3 is 14.8 Å². The highest BCUT2D eigenvalue weighted by Crippen LogP contribution is 2.29. The van der Waals surface area contributed by atoms with E-state index in [2.05, 4.69) is 11.4 Å². The minimum absolute atomic E-state index is 0.0322. The molecule has 0 heterocycles. The monoisotopic (exact) mass is 409 g/mol. The van der Waals surface area contributed by atoms with Crippen LogP contribution in [0.2, 0.25) is 0 Å². The third-order valence-corrected chi connectivity index (χ3v) is 5.11. The van der Waals surface area contributed by atoms with Crippen LogP contribution in [0.25, 0.3) is 0 Å². The molecular formula is C24H27NO5. The van der Waals surface area contributed by atoms with E-state index >= 15 is 0 Å². The van der Waals surface area contributed by atoms with Gasteiger partial charge in [0.1, 0.15) is 5.75 Å². The van der Waals surface area contributed by atoms with E-state index < -0.39 is 5.97 Å². The largest absolute Gasteiger partial charge is 0.494 e. The van der Waals surface area contributed by atoms with Crippen molar-refractivity contribution in [1.82, 2.24) is 5.32 Å². The number of aryl methyl sites for hydroxylation is 1. The Labute approximate surface area is 176 Å². The SMILES string of the molecule is CCOc1ccc(C(=O)CCC(=O)OCC(=O)N[C@H]2CCCc3ccccc32)cc1. The molecule has 0 saturated carbocycles. The minimum Gasteiger partial charge on any atom is -0.494 e. The fraction of sp³-hybridized carbons (Fsp3) is 0.375. The predicted molar refractivity (Wildman–Crippen MR) is 112 cm³/mol. The quantitative estimate of drug-likeness (QED) is 0.503. The molecule has 0 saturated heterocycles. The van der Waals surface area contributed by atoms with Gasteiger partial charge >= 0.3 is 5.97 Å². The molecule has 0 spiro atoms. The van der Waals surface area contributed by atoms with Crippen LogP contribution >= 0.6 is 0 Å². The number of ketones is 1. The third-order valence-electron chi connectivity index (χ3n) is 5.11. The van der Waals surface area contributed by atoms with Crippen molar-refractivity contribution in [2.45, 2.75) is 45.1 Å². The number of esters is 1. The molecule has 3 rings (SSSR count). The van der Waals surface area contributed by atoms with Gasteiger partial charge in [0, 0.05) is 12.0 Å². The smallest absolute Gasteiger partial charge is 0.306 e. The highest BCUT2D eigenvalue weighted by Gasteiger charge is 2.21. The lowest BCUT2D eigenvalue weighted by Crippen LogP contribution is -2.34. The molecule has 158 valence electrons. The highest BCUT2D eigenvalue weighted by molar-refractivity contribution is 5.97. The highest BCUT2D eigenvalue weighted by atomic mass is 16.5. The van der Waals surface area contributed by atoms with Gasteiger partial charge in [0.2, 0.25) is 0 Å². The Morgan fingerprint density at radius 1 is 1.03 bits per heavy atom. The summed E-state index contributed by atoms with van der Waals surface area (Å²) in [6.45, 7) is 2.10. The summed E-state index contributed by atoms with van der Waals surface area (Å²) in [4.78, 5) is 36.3. The maximum Gasteiger partial charge on any atom is 0.306 e. The van der Waals surface area contributed by atoms with Crippen LogP contribution in [-0.2, 0) is 20.7 Å². The summed E-state index contributed by atoms with van der Waals surface area (Å²) >= 11 is 0. The summed E-state index contributed by atoms with van der Waals surface area (Å²) in [5.41, 5.74) is 2.89. The Kier molecular flexibility index (Phi) is 7.60. The molecule has 0 bridgehead atoms. The number of rotatable bonds is 9. The van der Waals surface area contributed by atoms with Crippen molar-refractivity contribution in [1.29, 1.82) is 0 Å². The van der Waals surface area contributed by atoms with Crippen molar-refractivity contribution >= 4 is 17.7 Å². The first-order chi connectivity index (χ1) is 14.6. The number of nitrogens with one attached hydrogen (secondary N) is 1. The molecule has 1 N–H and O–H groups in total. The minimum atomic E-state index is -0.562. The van der Waals surface area contributed by atoms with E-state index in [4.69, 9.17) is 9.47 Å². The molecule has 0 radical (unpaired) electrons. The number of benzene rings is 2. The molecule has 30 heavy (non-hydrogen) atoms. The van der Waals surface area contributed by atoms with Gasteiger partial charge in [-0.15, -0.1) is 0 Å². The first-order valence-electron chi connectivity index (χ1n) is 10.4. The van der Waals surface area contributed by atoms with Crippen LogP contribution in [0, 0.1) is 0 Å². The lowest BCUT2D eigenvalue weighted by molar-refractivity contribution is -0.148. The molecule has 6 heteroatoms. The average Bonchev–Trinajstić information content (AvgIpc) is 2.77. The van der Waals surface area contributed by atoms with Gasteiger partial charge in [-0.05, 0) is 61.6 Å². The molecule has 1 amide bonds. The van der Waals surface area contributed by atoms with Crippen molar-refractivity contribution in [3.63, 3.8) is 0 Å². The number of fused-ring (bicyclic) bond motifs is 1. The van der Waals surface area contributed by atoms with Crippen LogP contribution in [-0.4, -0.2) is 30.9 Å². The summed E-state index contributed by atoms with van der Waals surface area (Å²) in [7, 11) is 0. The predicted octanol–water partition coefficient (Wildman–Crippen LogP) is 3.79. The van der Waals surface area contributed by atoms with Gasteiger partial charge in [-0.1, -0.05) is 24.3 Å². The van der Waals surface area contributed by atoms with Crippen LogP contribution in [0.15, 0.2) is 48.5 Å². The van der Waals surface area contributed by atoms with Crippen LogP contribution < -0.4 is 10.1 Å². The third kappa shape index (κ3) is 5.92. The molecule has 1 atom stereocenters. The maximum absolute atomic E-state index is 12.2. The van der Waals surface area contributed by atoms with Crippen molar-refractivity contribution in [3.05, 3.63) is 65.2 Å². The van der Waals surface area contributed by atoms with E-state index in [1.807, 2.05) is 25.1 Å². The fourth-order valence-electron chi connectivity index (χ4n) is 3.62. The Morgan fingerprint density at radius 2 is 1.80 bits per heavy atom. The molecule has 6 nitrogen and oxygen atoms in total. The Hall–Kier alpha value is -3.15. The van der Waals surface area contributed by atoms with Gasteiger partial charge in [-0.3, -0.25) is 14.4 Å². The van der Waals surface area contributed by atoms with E-state index in [-0.39, 0.29) is 37.2 Å². The molecule has 1 aliphatic rings. The molecule has 2 aromatic carbocycles. The second kappa shape index (κ2) is 10.6. The average molecular weight is 409 g/mol. The fourth-order valence-corrected chi connectivity index (χ4v) is 3.62. The first-order valence-corrected chi connectivity index (χ1v) is 10.4. The zero-order valence-corrected chi connectivity index (χ0v) is 17.2. The molecule has 0 fully saturated rings. The summed E-state index contributed by atoms with van der Waals surface area (Å²) in [5.74, 6) is -0.352. The van der Waals surface area contributed by atoms with Gasteiger partial charge in [0.25, 0.3) is 5.91 Å². The van der Waals surface area contributed by atoms with Crippen LogP contribution in [0.3, 0.4) is 0 Å². The van der Waals surface area contributed by atoms with Crippen molar-refractivity contribution in [2.24, 2.45) is 0 Å². The van der Waals surface area contributed by atoms with Gasteiger partial charge in [0.05, 0.1) is 19.1 Å². The van der Waals surface area contributed by atoms with E-state index in [9.17, 15) is 14.4 Å². The van der Waals surface area contributed by atoms with Crippen molar-refractivity contribution < 1.29 is 23.9 Å². The normalized spacial score (nSPS) is 15.0. The van der Waals surface area contributed by atoms with E-state index in [0.717, 1.165) is 24.8 Å². The first kappa shape index (κ1) is 21.6. The molecule has 0 aromatic heterocycles. The molecule has 0 unspecified atom stereocenters. The zero-order chi connectivity index (χ0) is 21.3. The molecule has 0 aliphatic heterocycles. The van der Waals surface area contributed by atoms with Crippen LogP contribution in [0.4, 0.5) is 0 Å². The van der Waals surface area contributed by atoms with E-state index in [1.165, 1.54) is 5.56 Å². The number of carbonyl (C=O) groups is 3. The Balaban J connectivity index is 1.40. The molecule has 1 aliphatic carbocycles. The van der Waals surface area contributed by atoms with Crippen LogP contribution in [0.1, 0.15) is 60.1 Å². The van der Waals surface area contributed by atoms with Crippen molar-refractivity contribution in [2.75, 3.05) is 13.2 Å². The van der Waals surface area contributed by atoms with E-state index in [1.54, 1.807) is 24.3 Å². The van der Waals surface area contributed by atoms with Crippen molar-refractivity contribution in [3.8, 4) is 5.75 Å². The lowest BCUT2D eigenvalue weighted by atomic mass is 9.88. The Bertz CT molecular complexity index is 891. The zero-order valence-electron chi connectivity index (χ0n) is 17.2. The van der Waals surface area contributed by atoms with E-state index in [0.29, 0.717) is 17.9 Å². The van der Waals surface area contributed by atoms with Gasteiger partial charge in [-0.25, -0.2) is 0 Å². The summed E-state index contributed by atoms with van der Waals surface area (Å²) in [5, 5.41) is 2.94. The number of carbonyl (C=O) groups excluding carboxylic acids is 3. The summed E-state index contributed by atoms with van der Waals surface area (Å²) in [6.07, 6.45) is 2.86. The molecular weight excluding hydrogens is 382 g/mol. The summed E-state index contributed by atoms with van der Waals surface area (Å²) < 4.78 is 10.4. The second-order valence-corrected chi connectivity index (χ2v) is 7.25. The maximum atomic E-state index is 12.2. The Morgan fingerprint density at radius 3 is 2.57 bits per heavy atom. The standard InChI is InChI=1S/C24H27NO5/c1-2-29-19-12-10-18(11-13-19)22(26)14-15-24(28)30-16-23(27)25-21-9-5-7-17-6-3-4-8-20(17)21/h3-4,6,8,10-13,21H,2,5,7,9,14-16H2,1H3,(H,25,27)/t21-/m0/s1. The van der Waals surface area contributed by atoms with Gasteiger partial charge in [-0.2, -0.15) is 0 Å². The number of hydrogen-bond acceptors (Lipinski definition) is 5. The van der Waals surface area contributed by atoms with Crippen LogP contribution in [0.5, 0.6) is 5.75 Å². The summed E-state index contributed by atoms with van der Waals surface area (Å²) in [6, 6.07) is 14.8. The topological polar surface area (TPSA) is 81.7 Å². The second-order valence-electron chi connectivity index (χ2n) is 7.25. The molecule has 2 aromatic rings. The number of ether oxygens (including phenoxy) is 2. The van der Waals surface area contributed by atoms with Gasteiger partial charge in [0.15, 0.2) is 12.4 Å².